The van der Waals surface area contributed by atoms with Crippen molar-refractivity contribution in [1.82, 2.24) is 5.32 Å². The van der Waals surface area contributed by atoms with Crippen LogP contribution in [0.1, 0.15) is 25.8 Å². The molecule has 5 heteroatoms. The highest BCUT2D eigenvalue weighted by Crippen LogP contribution is 2.10. The van der Waals surface area contributed by atoms with Gasteiger partial charge in [0.15, 0.2) is 0 Å². The fraction of sp³-hybridized carbons (Fsp3) is 0.429. The van der Waals surface area contributed by atoms with Gasteiger partial charge >= 0.3 is 0 Å². The second-order valence-corrected chi connectivity index (χ2v) is 4.33. The van der Waals surface area contributed by atoms with Crippen LogP contribution in [-0.4, -0.2) is 24.4 Å². The van der Waals surface area contributed by atoms with Crippen LogP contribution < -0.4 is 16.4 Å². The summed E-state index contributed by atoms with van der Waals surface area (Å²) < 4.78 is 0. The Morgan fingerprint density at radius 2 is 1.84 bits per heavy atom. The summed E-state index contributed by atoms with van der Waals surface area (Å²) in [6.45, 7) is 4.37. The Balaban J connectivity index is 2.56. The van der Waals surface area contributed by atoms with Gasteiger partial charge in [-0.15, -0.1) is 0 Å². The van der Waals surface area contributed by atoms with E-state index in [1.807, 2.05) is 26.0 Å². The van der Waals surface area contributed by atoms with Crippen molar-refractivity contribution in [2.75, 3.05) is 11.9 Å². The van der Waals surface area contributed by atoms with E-state index in [0.717, 1.165) is 5.56 Å². The summed E-state index contributed by atoms with van der Waals surface area (Å²) >= 11 is 0. The summed E-state index contributed by atoms with van der Waals surface area (Å²) in [4.78, 5) is 23.0. The van der Waals surface area contributed by atoms with E-state index in [-0.39, 0.29) is 11.8 Å². The van der Waals surface area contributed by atoms with Gasteiger partial charge < -0.3 is 16.4 Å². The topological polar surface area (TPSA) is 84.2 Å². The maximum atomic E-state index is 11.6. The fourth-order valence-corrected chi connectivity index (χ4v) is 1.57. The second-order valence-electron chi connectivity index (χ2n) is 4.33. The molecule has 0 bridgehead atoms. The number of benzene rings is 1. The van der Waals surface area contributed by atoms with Gasteiger partial charge in [0.05, 0.1) is 12.5 Å². The summed E-state index contributed by atoms with van der Waals surface area (Å²) in [6, 6.07) is 6.70. The van der Waals surface area contributed by atoms with Crippen molar-refractivity contribution in [3.63, 3.8) is 0 Å². The largest absolute Gasteiger partial charge is 0.356 e. The SMILES string of the molecule is CCNC(=O)Cc1ccc(NC(=O)[C@H](N)CC)cc1. The average molecular weight is 263 g/mol. The number of carbonyl (C=O) groups is 2. The molecule has 1 aromatic rings. The number of hydrogen-bond acceptors (Lipinski definition) is 3. The van der Waals surface area contributed by atoms with Crippen LogP contribution >= 0.6 is 0 Å². The number of anilines is 1. The molecule has 0 fully saturated rings. The van der Waals surface area contributed by atoms with Gasteiger partial charge in [-0.3, -0.25) is 9.59 Å². The first-order valence-electron chi connectivity index (χ1n) is 6.48. The molecule has 0 aliphatic carbocycles. The molecular formula is C14H21N3O2. The Kier molecular flexibility index (Phi) is 6.02. The Hall–Kier alpha value is -1.88. The monoisotopic (exact) mass is 263 g/mol. The first-order chi connectivity index (χ1) is 9.06. The summed E-state index contributed by atoms with van der Waals surface area (Å²) in [6.07, 6.45) is 0.942. The van der Waals surface area contributed by atoms with Crippen molar-refractivity contribution in [2.45, 2.75) is 32.7 Å². The third kappa shape index (κ3) is 5.09. The highest BCUT2D eigenvalue weighted by atomic mass is 16.2. The highest BCUT2D eigenvalue weighted by Gasteiger charge is 2.10. The number of nitrogens with two attached hydrogens (primary N) is 1. The lowest BCUT2D eigenvalue weighted by atomic mass is 10.1. The number of amides is 2. The molecule has 4 N–H and O–H groups in total. The molecule has 0 radical (unpaired) electrons. The number of likely N-dealkylation sites (N-methyl/N-ethyl adjacent to an activating group) is 1. The molecule has 0 unspecified atom stereocenters. The normalized spacial score (nSPS) is 11.7. The number of hydrogen-bond donors (Lipinski definition) is 3. The quantitative estimate of drug-likeness (QED) is 0.717. The Morgan fingerprint density at radius 1 is 1.21 bits per heavy atom. The molecule has 1 rings (SSSR count). The van der Waals surface area contributed by atoms with Gasteiger partial charge in [-0.05, 0) is 31.0 Å². The van der Waals surface area contributed by atoms with Crippen molar-refractivity contribution < 1.29 is 9.59 Å². The maximum Gasteiger partial charge on any atom is 0.241 e. The molecule has 104 valence electrons. The van der Waals surface area contributed by atoms with Crippen LogP contribution in [0.3, 0.4) is 0 Å². The van der Waals surface area contributed by atoms with E-state index in [1.54, 1.807) is 12.1 Å². The Bertz CT molecular complexity index is 429. The van der Waals surface area contributed by atoms with Crippen LogP contribution in [-0.2, 0) is 16.0 Å². The molecule has 0 saturated carbocycles. The second kappa shape index (κ2) is 7.53. The third-order valence-corrected chi connectivity index (χ3v) is 2.74. The zero-order valence-corrected chi connectivity index (χ0v) is 11.4. The lowest BCUT2D eigenvalue weighted by molar-refractivity contribution is -0.120. The number of nitrogens with one attached hydrogen (secondary N) is 2. The molecule has 1 aromatic carbocycles. The molecule has 19 heavy (non-hydrogen) atoms. The molecule has 0 aliphatic rings. The van der Waals surface area contributed by atoms with Gasteiger partial charge in [-0.25, -0.2) is 0 Å². The van der Waals surface area contributed by atoms with Gasteiger partial charge in [0.25, 0.3) is 0 Å². The van der Waals surface area contributed by atoms with Crippen LogP contribution in [0.2, 0.25) is 0 Å². The van der Waals surface area contributed by atoms with Crippen LogP contribution in [0.5, 0.6) is 0 Å². The maximum absolute atomic E-state index is 11.6. The summed E-state index contributed by atoms with van der Waals surface area (Å²) in [5.41, 5.74) is 7.22. The zero-order chi connectivity index (χ0) is 14.3. The van der Waals surface area contributed by atoms with Crippen molar-refractivity contribution in [3.05, 3.63) is 29.8 Å². The van der Waals surface area contributed by atoms with E-state index in [9.17, 15) is 9.59 Å². The van der Waals surface area contributed by atoms with Crippen LogP contribution in [0.25, 0.3) is 0 Å². The molecule has 0 saturated heterocycles. The van der Waals surface area contributed by atoms with E-state index in [4.69, 9.17) is 5.73 Å². The van der Waals surface area contributed by atoms with E-state index in [0.29, 0.717) is 25.1 Å². The predicted molar refractivity (Wildman–Crippen MR) is 75.7 cm³/mol. The van der Waals surface area contributed by atoms with Gasteiger partial charge in [-0.2, -0.15) is 0 Å². The zero-order valence-electron chi connectivity index (χ0n) is 11.4. The van der Waals surface area contributed by atoms with Gasteiger partial charge in [0, 0.05) is 12.2 Å². The molecule has 5 nitrogen and oxygen atoms in total. The van der Waals surface area contributed by atoms with Gasteiger partial charge in [0.1, 0.15) is 0 Å². The number of carbonyl (C=O) groups excluding carboxylic acids is 2. The molecule has 0 heterocycles. The minimum Gasteiger partial charge on any atom is -0.356 e. The van der Waals surface area contributed by atoms with Gasteiger partial charge in [0.2, 0.25) is 11.8 Å². The van der Waals surface area contributed by atoms with E-state index >= 15 is 0 Å². The first kappa shape index (κ1) is 15.2. The van der Waals surface area contributed by atoms with Gasteiger partial charge in [-0.1, -0.05) is 19.1 Å². The van der Waals surface area contributed by atoms with Crippen molar-refractivity contribution >= 4 is 17.5 Å². The molecule has 2 amide bonds. The predicted octanol–water partition coefficient (Wildman–Crippen LogP) is 1.04. The highest BCUT2D eigenvalue weighted by molar-refractivity contribution is 5.94. The van der Waals surface area contributed by atoms with Crippen molar-refractivity contribution in [2.24, 2.45) is 5.73 Å². The first-order valence-corrected chi connectivity index (χ1v) is 6.48. The average Bonchev–Trinajstić information content (AvgIpc) is 2.40. The van der Waals surface area contributed by atoms with Crippen molar-refractivity contribution in [1.29, 1.82) is 0 Å². The van der Waals surface area contributed by atoms with E-state index in [1.165, 1.54) is 0 Å². The molecule has 0 aliphatic heterocycles. The van der Waals surface area contributed by atoms with Crippen LogP contribution in [0, 0.1) is 0 Å². The molecular weight excluding hydrogens is 242 g/mol. The van der Waals surface area contributed by atoms with E-state index < -0.39 is 6.04 Å². The third-order valence-electron chi connectivity index (χ3n) is 2.74. The minimum atomic E-state index is -0.491. The minimum absolute atomic E-state index is 0.00714. The standard InChI is InChI=1S/C14H21N3O2/c1-3-12(15)14(19)17-11-7-5-10(6-8-11)9-13(18)16-4-2/h5-8,12H,3-4,9,15H2,1-2H3,(H,16,18)(H,17,19)/t12-/m1/s1. The summed E-state index contributed by atoms with van der Waals surface area (Å²) in [5.74, 6) is -0.203. The van der Waals surface area contributed by atoms with Crippen LogP contribution in [0.15, 0.2) is 24.3 Å². The lowest BCUT2D eigenvalue weighted by Crippen LogP contribution is -2.34. The summed E-state index contributed by atoms with van der Waals surface area (Å²) in [5, 5.41) is 5.47. The summed E-state index contributed by atoms with van der Waals surface area (Å²) in [7, 11) is 0. The van der Waals surface area contributed by atoms with Crippen LogP contribution in [0.4, 0.5) is 5.69 Å². The smallest absolute Gasteiger partial charge is 0.241 e. The van der Waals surface area contributed by atoms with Crippen molar-refractivity contribution in [3.8, 4) is 0 Å². The van der Waals surface area contributed by atoms with E-state index in [2.05, 4.69) is 10.6 Å². The molecule has 0 spiro atoms. The Morgan fingerprint density at radius 3 is 2.37 bits per heavy atom. The lowest BCUT2D eigenvalue weighted by Gasteiger charge is -2.10. The fourth-order valence-electron chi connectivity index (χ4n) is 1.57. The Labute approximate surface area is 113 Å². The molecule has 1 atom stereocenters. The molecule has 0 aromatic heterocycles. The number of rotatable bonds is 6.